The number of hydrogen-bond donors (Lipinski definition) is 8. The Bertz CT molecular complexity index is 1710. The predicted octanol–water partition coefficient (Wildman–Crippen LogP) is 1.82. The first-order valence-corrected chi connectivity index (χ1v) is 18.6. The van der Waals surface area contributed by atoms with Gasteiger partial charge in [0, 0.05) is 57.7 Å². The molecular formula is C38H46O12S2. The zero-order chi connectivity index (χ0) is 37.5. The number of rotatable bonds is 11. The van der Waals surface area contributed by atoms with Crippen molar-refractivity contribution in [3.8, 4) is 9.75 Å². The third kappa shape index (κ3) is 6.91. The van der Waals surface area contributed by atoms with Crippen molar-refractivity contribution in [2.45, 2.75) is 87.1 Å². The van der Waals surface area contributed by atoms with Crippen LogP contribution < -0.4 is 0 Å². The number of methoxy groups -OCH3 is 2. The van der Waals surface area contributed by atoms with Gasteiger partial charge in [-0.15, -0.1) is 22.7 Å². The van der Waals surface area contributed by atoms with E-state index in [4.69, 9.17) is 18.9 Å². The Morgan fingerprint density at radius 1 is 0.577 bits per heavy atom. The number of hydrogen-bond acceptors (Lipinski definition) is 14. The van der Waals surface area contributed by atoms with E-state index < -0.39 is 73.6 Å². The van der Waals surface area contributed by atoms with E-state index >= 15 is 0 Å². The molecule has 0 amide bonds. The molecule has 282 valence electrons. The minimum Gasteiger partial charge on any atom is -0.394 e. The summed E-state index contributed by atoms with van der Waals surface area (Å²) in [6.07, 6.45) is -10.5. The van der Waals surface area contributed by atoms with Crippen molar-refractivity contribution in [1.82, 2.24) is 0 Å². The molecular weight excluding hydrogens is 713 g/mol. The van der Waals surface area contributed by atoms with Crippen molar-refractivity contribution < 1.29 is 59.8 Å². The number of aliphatic hydroxyl groups excluding tert-OH is 8. The molecule has 0 bridgehead atoms. The molecule has 0 spiro atoms. The number of thiophene rings is 2. The average molecular weight is 759 g/mol. The van der Waals surface area contributed by atoms with Gasteiger partial charge >= 0.3 is 0 Å². The van der Waals surface area contributed by atoms with Gasteiger partial charge in [-0.1, -0.05) is 24.3 Å². The third-order valence-electron chi connectivity index (χ3n) is 10.3. The van der Waals surface area contributed by atoms with Crippen molar-refractivity contribution >= 4 is 22.7 Å². The van der Waals surface area contributed by atoms with Crippen LogP contribution in [0.1, 0.15) is 43.1 Å². The van der Waals surface area contributed by atoms with Gasteiger partial charge in [0.15, 0.2) is 0 Å². The van der Waals surface area contributed by atoms with Crippen LogP contribution in [0.3, 0.4) is 0 Å². The highest BCUT2D eigenvalue weighted by atomic mass is 32.1. The Morgan fingerprint density at radius 3 is 1.31 bits per heavy atom. The smallest absolute Gasteiger partial charge is 0.224 e. The molecule has 6 rings (SSSR count). The second-order valence-electron chi connectivity index (χ2n) is 13.4. The molecule has 52 heavy (non-hydrogen) atoms. The summed E-state index contributed by atoms with van der Waals surface area (Å²) in [5.74, 6) is -3.58. The van der Waals surface area contributed by atoms with Crippen molar-refractivity contribution in [3.05, 3.63) is 104 Å². The van der Waals surface area contributed by atoms with E-state index in [1.54, 1.807) is 34.8 Å². The van der Waals surface area contributed by atoms with Crippen LogP contribution in [0, 0.1) is 13.8 Å². The second-order valence-corrected chi connectivity index (χ2v) is 15.8. The fourth-order valence-electron chi connectivity index (χ4n) is 7.08. The zero-order valence-electron chi connectivity index (χ0n) is 29.2. The van der Waals surface area contributed by atoms with Crippen LogP contribution in [-0.2, 0) is 43.4 Å². The van der Waals surface area contributed by atoms with Crippen molar-refractivity contribution in [3.63, 3.8) is 0 Å². The summed E-state index contributed by atoms with van der Waals surface area (Å²) in [4.78, 5) is 4.37. The second kappa shape index (κ2) is 15.6. The first kappa shape index (κ1) is 39.1. The Kier molecular flexibility index (Phi) is 11.7. The molecule has 12 nitrogen and oxygen atoms in total. The van der Waals surface area contributed by atoms with E-state index in [1.165, 1.54) is 14.2 Å². The molecule has 2 aromatic carbocycles. The quantitative estimate of drug-likeness (QED) is 0.111. The molecule has 0 radical (unpaired) electrons. The van der Waals surface area contributed by atoms with Gasteiger partial charge in [0.1, 0.15) is 48.8 Å². The lowest BCUT2D eigenvalue weighted by Gasteiger charge is -2.47. The largest absolute Gasteiger partial charge is 0.394 e. The lowest BCUT2D eigenvalue weighted by Crippen LogP contribution is -2.64. The summed E-state index contributed by atoms with van der Waals surface area (Å²) in [5.41, 5.74) is 4.82. The molecule has 14 heteroatoms. The summed E-state index contributed by atoms with van der Waals surface area (Å²) >= 11 is 3.31. The molecule has 2 aliphatic heterocycles. The molecule has 10 atom stereocenters. The van der Waals surface area contributed by atoms with Crippen LogP contribution in [0.4, 0.5) is 0 Å². The monoisotopic (exact) mass is 758 g/mol. The minimum absolute atomic E-state index is 0.453. The summed E-state index contributed by atoms with van der Waals surface area (Å²) in [5, 5.41) is 83.2. The van der Waals surface area contributed by atoms with Crippen molar-refractivity contribution in [1.29, 1.82) is 0 Å². The molecule has 2 unspecified atom stereocenters. The lowest BCUT2D eigenvalue weighted by atomic mass is 9.86. The maximum atomic E-state index is 11.0. The molecule has 4 aromatic rings. The van der Waals surface area contributed by atoms with Crippen LogP contribution in [0.5, 0.6) is 0 Å². The van der Waals surface area contributed by atoms with Gasteiger partial charge in [-0.05, 0) is 72.5 Å². The van der Waals surface area contributed by atoms with E-state index in [0.717, 1.165) is 41.8 Å². The molecule has 2 aliphatic rings. The zero-order valence-corrected chi connectivity index (χ0v) is 30.9. The molecule has 2 saturated heterocycles. The Balaban J connectivity index is 1.21. The standard InChI is InChI=1S/C38H46O12S2/c1-19-5-7-23(37(47-3)35(45)33(43)31(41)27(17-39)49-37)13-21(19)15-25-9-11-29(51-25)30-12-10-26(52-30)16-22-14-24(8-6-20(22)2)38(48-4)36(46)34(44)32(42)28(18-40)50-38/h5-14,27-28,31-36,39-46H,15-18H2,1-4H3/t27-,28-,31-,32-,33+,34+,35-,36-,37?,38?/m1/s1. The van der Waals surface area contributed by atoms with Gasteiger partial charge in [-0.2, -0.15) is 0 Å². The van der Waals surface area contributed by atoms with Gasteiger partial charge in [0.2, 0.25) is 11.6 Å². The van der Waals surface area contributed by atoms with Gasteiger partial charge in [-0.25, -0.2) is 0 Å². The van der Waals surface area contributed by atoms with Crippen molar-refractivity contribution in [2.75, 3.05) is 27.4 Å². The topological polar surface area (TPSA) is 199 Å². The number of aryl methyl sites for hydroxylation is 2. The SMILES string of the molecule is COC1(c2ccc(C)c(Cc3ccc(-c4ccc(Cc5cc(C6(OC)O[C@H](CO)[C@@H](O)[C@H](O)[C@H]6O)ccc5C)s4)s3)c2)O[C@H](CO)[C@@H](O)[C@H](O)[C@H]1O. The number of benzene rings is 2. The first-order chi connectivity index (χ1) is 24.8. The van der Waals surface area contributed by atoms with Crippen LogP contribution in [0.15, 0.2) is 60.7 Å². The van der Waals surface area contributed by atoms with E-state index in [0.29, 0.717) is 24.0 Å². The molecule has 0 aliphatic carbocycles. The summed E-state index contributed by atoms with van der Waals surface area (Å²) in [6.45, 7) is 2.82. The molecule has 2 fully saturated rings. The Hall–Kier alpha value is -2.64. The minimum atomic E-state index is -1.79. The Labute approximate surface area is 309 Å². The molecule has 8 N–H and O–H groups in total. The van der Waals surface area contributed by atoms with E-state index in [9.17, 15) is 40.9 Å². The van der Waals surface area contributed by atoms with Crippen LogP contribution in [-0.4, -0.2) is 117 Å². The molecule has 2 aromatic heterocycles. The first-order valence-electron chi connectivity index (χ1n) is 17.0. The highest BCUT2D eigenvalue weighted by Crippen LogP contribution is 2.42. The number of ether oxygens (including phenoxy) is 4. The highest BCUT2D eigenvalue weighted by Gasteiger charge is 2.56. The fraction of sp³-hybridized carbons (Fsp3) is 0.474. The van der Waals surface area contributed by atoms with Crippen LogP contribution in [0.2, 0.25) is 0 Å². The van der Waals surface area contributed by atoms with Gasteiger partial charge in [-0.3, -0.25) is 0 Å². The average Bonchev–Trinajstić information content (AvgIpc) is 3.82. The molecule has 0 saturated carbocycles. The maximum absolute atomic E-state index is 11.0. The van der Waals surface area contributed by atoms with E-state index in [2.05, 4.69) is 24.3 Å². The summed E-state index contributed by atoms with van der Waals surface area (Å²) in [7, 11) is 2.69. The summed E-state index contributed by atoms with van der Waals surface area (Å²) < 4.78 is 23.1. The highest BCUT2D eigenvalue weighted by molar-refractivity contribution is 7.22. The van der Waals surface area contributed by atoms with Crippen LogP contribution in [0.25, 0.3) is 9.75 Å². The fourth-order valence-corrected chi connectivity index (χ4v) is 9.23. The molecule has 4 heterocycles. The van der Waals surface area contributed by atoms with Crippen molar-refractivity contribution in [2.24, 2.45) is 0 Å². The number of aliphatic hydroxyl groups is 8. The summed E-state index contributed by atoms with van der Waals surface area (Å²) in [6, 6.07) is 19.3. The normalized spacial score (nSPS) is 32.3. The van der Waals surface area contributed by atoms with E-state index in [1.807, 2.05) is 38.1 Å². The maximum Gasteiger partial charge on any atom is 0.224 e. The van der Waals surface area contributed by atoms with Gasteiger partial charge in [0.05, 0.1) is 13.2 Å². The van der Waals surface area contributed by atoms with E-state index in [-0.39, 0.29) is 0 Å². The van der Waals surface area contributed by atoms with Gasteiger partial charge in [0.25, 0.3) is 0 Å². The third-order valence-corrected chi connectivity index (χ3v) is 12.7. The van der Waals surface area contributed by atoms with Crippen LogP contribution >= 0.6 is 22.7 Å². The predicted molar refractivity (Wildman–Crippen MR) is 193 cm³/mol. The Morgan fingerprint density at radius 2 is 0.962 bits per heavy atom. The van der Waals surface area contributed by atoms with Gasteiger partial charge < -0.3 is 59.8 Å². The lowest BCUT2D eigenvalue weighted by molar-refractivity contribution is -0.366.